The molecule has 3 nitrogen and oxygen atoms in total. The van der Waals surface area contributed by atoms with Crippen LogP contribution in [0.25, 0.3) is 0 Å². The molecule has 1 aromatic heterocycles. The second-order valence-electron chi connectivity index (χ2n) is 1.60. The summed E-state index contributed by atoms with van der Waals surface area (Å²) in [6.07, 6.45) is 5.20. The van der Waals surface area contributed by atoms with Crippen molar-refractivity contribution in [2.24, 2.45) is 4.99 Å². The van der Waals surface area contributed by atoms with Gasteiger partial charge in [0.15, 0.2) is 0 Å². The molecule has 9 heavy (non-hydrogen) atoms. The molecule has 3 heteroatoms. The number of imidazole rings is 1. The largest absolute Gasteiger partial charge is 0.344 e. The van der Waals surface area contributed by atoms with Crippen molar-refractivity contribution in [2.45, 2.75) is 6.92 Å². The molecule has 1 heterocycles. The average molecular weight is 123 g/mol. The third-order valence-corrected chi connectivity index (χ3v) is 0.916. The predicted octanol–water partition coefficient (Wildman–Crippen LogP) is 0.849. The molecule has 0 aliphatic carbocycles. The molecule has 0 fully saturated rings. The van der Waals surface area contributed by atoms with Gasteiger partial charge in [0.1, 0.15) is 5.82 Å². The van der Waals surface area contributed by atoms with Gasteiger partial charge in [0.2, 0.25) is 0 Å². The highest BCUT2D eigenvalue weighted by Crippen LogP contribution is 1.81. The van der Waals surface area contributed by atoms with Gasteiger partial charge in [-0.3, -0.25) is 4.99 Å². The lowest BCUT2D eigenvalue weighted by Gasteiger charge is -1.79. The van der Waals surface area contributed by atoms with E-state index in [1.807, 2.05) is 6.92 Å². The smallest absolute Gasteiger partial charge is 0.147 e. The molecule has 0 radical (unpaired) electrons. The zero-order valence-electron chi connectivity index (χ0n) is 5.33. The van der Waals surface area contributed by atoms with Crippen LogP contribution >= 0.6 is 0 Å². The van der Waals surface area contributed by atoms with E-state index < -0.39 is 0 Å². The summed E-state index contributed by atoms with van der Waals surface area (Å²) >= 11 is 0. The summed E-state index contributed by atoms with van der Waals surface area (Å²) in [6, 6.07) is 0. The van der Waals surface area contributed by atoms with Crippen LogP contribution < -0.4 is 0 Å². The Bertz CT molecular complexity index is 176. The molecule has 0 aliphatic heterocycles. The summed E-state index contributed by atoms with van der Waals surface area (Å²) in [5, 5.41) is 0. The van der Waals surface area contributed by atoms with Gasteiger partial charge in [-0.05, 0) is 6.92 Å². The minimum Gasteiger partial charge on any atom is -0.344 e. The van der Waals surface area contributed by atoms with Crippen LogP contribution in [0.15, 0.2) is 17.4 Å². The maximum atomic E-state index is 4.00. The monoisotopic (exact) mass is 123 g/mol. The Morgan fingerprint density at radius 3 is 3.33 bits per heavy atom. The van der Waals surface area contributed by atoms with Crippen molar-refractivity contribution in [1.82, 2.24) is 9.97 Å². The molecular formula is C6H9N3. The van der Waals surface area contributed by atoms with Gasteiger partial charge in [-0.2, -0.15) is 0 Å². The quantitative estimate of drug-likeness (QED) is 0.582. The second kappa shape index (κ2) is 3.02. The molecule has 0 unspecified atom stereocenters. The average Bonchev–Trinajstić information content (AvgIpc) is 2.34. The van der Waals surface area contributed by atoms with E-state index in [-0.39, 0.29) is 0 Å². The third kappa shape index (κ3) is 1.68. The summed E-state index contributed by atoms with van der Waals surface area (Å²) in [6.45, 7) is 2.79. The van der Waals surface area contributed by atoms with Crippen molar-refractivity contribution < 1.29 is 0 Å². The fraction of sp³-hybridized carbons (Fsp3) is 0.333. The molecule has 1 aromatic rings. The van der Waals surface area contributed by atoms with E-state index in [0.29, 0.717) is 0 Å². The molecule has 0 bridgehead atoms. The van der Waals surface area contributed by atoms with E-state index in [1.165, 1.54) is 0 Å². The molecule has 0 spiro atoms. The first kappa shape index (κ1) is 6.01. The van der Waals surface area contributed by atoms with Crippen molar-refractivity contribution in [1.29, 1.82) is 0 Å². The molecule has 48 valence electrons. The van der Waals surface area contributed by atoms with Crippen LogP contribution in [0.5, 0.6) is 0 Å². The molecule has 0 saturated heterocycles. The fourth-order valence-corrected chi connectivity index (χ4v) is 0.526. The van der Waals surface area contributed by atoms with Gasteiger partial charge in [0, 0.05) is 18.9 Å². The van der Waals surface area contributed by atoms with Crippen LogP contribution in [-0.4, -0.2) is 22.7 Å². The highest BCUT2D eigenvalue weighted by atomic mass is 14.9. The van der Waals surface area contributed by atoms with E-state index in [4.69, 9.17) is 0 Å². The zero-order valence-corrected chi connectivity index (χ0v) is 5.33. The summed E-state index contributed by atoms with van der Waals surface area (Å²) in [5.74, 6) is 0.817. The predicted molar refractivity (Wildman–Crippen MR) is 36.7 cm³/mol. The normalized spacial score (nSPS) is 10.8. The van der Waals surface area contributed by atoms with E-state index in [1.54, 1.807) is 18.6 Å². The molecule has 0 saturated carbocycles. The van der Waals surface area contributed by atoms with Crippen LogP contribution in [0.1, 0.15) is 12.7 Å². The van der Waals surface area contributed by atoms with E-state index in [0.717, 1.165) is 12.4 Å². The van der Waals surface area contributed by atoms with Gasteiger partial charge in [-0.1, -0.05) is 0 Å². The Morgan fingerprint density at radius 1 is 1.89 bits per heavy atom. The Labute approximate surface area is 53.9 Å². The van der Waals surface area contributed by atoms with Gasteiger partial charge in [0.05, 0.1) is 6.21 Å². The lowest BCUT2D eigenvalue weighted by Crippen LogP contribution is -1.83. The standard InChI is InChI=1S/C6H9N3/c1-2-7-5-6-8-3-4-9-6/h3-5H,2H2,1H3,(H,8,9). The minimum absolute atomic E-state index is 0.806. The van der Waals surface area contributed by atoms with Crippen molar-refractivity contribution >= 4 is 6.21 Å². The number of hydrogen-bond donors (Lipinski definition) is 1. The number of nitrogens with one attached hydrogen (secondary N) is 1. The third-order valence-electron chi connectivity index (χ3n) is 0.916. The highest BCUT2D eigenvalue weighted by molar-refractivity contribution is 5.74. The summed E-state index contributed by atoms with van der Waals surface area (Å²) in [7, 11) is 0. The van der Waals surface area contributed by atoms with Gasteiger partial charge in [-0.15, -0.1) is 0 Å². The first-order valence-corrected chi connectivity index (χ1v) is 2.92. The van der Waals surface area contributed by atoms with E-state index >= 15 is 0 Å². The van der Waals surface area contributed by atoms with Crippen molar-refractivity contribution in [2.75, 3.05) is 6.54 Å². The number of rotatable bonds is 2. The van der Waals surface area contributed by atoms with Crippen molar-refractivity contribution in [3.63, 3.8) is 0 Å². The minimum atomic E-state index is 0.806. The summed E-state index contributed by atoms with van der Waals surface area (Å²) in [5.41, 5.74) is 0. The molecular weight excluding hydrogens is 114 g/mol. The Hall–Kier alpha value is -1.12. The highest BCUT2D eigenvalue weighted by Gasteiger charge is 1.82. The molecule has 0 amide bonds. The van der Waals surface area contributed by atoms with Crippen LogP contribution in [0.2, 0.25) is 0 Å². The number of H-pyrrole nitrogens is 1. The number of hydrogen-bond acceptors (Lipinski definition) is 2. The number of aromatic amines is 1. The van der Waals surface area contributed by atoms with Crippen LogP contribution in [0.4, 0.5) is 0 Å². The maximum Gasteiger partial charge on any atom is 0.147 e. The van der Waals surface area contributed by atoms with Gasteiger partial charge in [-0.25, -0.2) is 4.98 Å². The summed E-state index contributed by atoms with van der Waals surface area (Å²) in [4.78, 5) is 10.9. The van der Waals surface area contributed by atoms with Crippen molar-refractivity contribution in [3.05, 3.63) is 18.2 Å². The lowest BCUT2D eigenvalue weighted by atomic mass is 10.6. The SMILES string of the molecule is CCN=Cc1ncc[nH]1. The van der Waals surface area contributed by atoms with Crippen LogP contribution in [0, 0.1) is 0 Å². The molecule has 1 rings (SSSR count). The summed E-state index contributed by atoms with van der Waals surface area (Å²) < 4.78 is 0. The van der Waals surface area contributed by atoms with Gasteiger partial charge >= 0.3 is 0 Å². The maximum absolute atomic E-state index is 4.00. The Balaban J connectivity index is 2.57. The van der Waals surface area contributed by atoms with Crippen LogP contribution in [-0.2, 0) is 0 Å². The van der Waals surface area contributed by atoms with E-state index in [9.17, 15) is 0 Å². The van der Waals surface area contributed by atoms with Crippen LogP contribution in [0.3, 0.4) is 0 Å². The molecule has 0 aliphatic rings. The number of nitrogens with zero attached hydrogens (tertiary/aromatic N) is 2. The van der Waals surface area contributed by atoms with Crippen molar-refractivity contribution in [3.8, 4) is 0 Å². The lowest BCUT2D eigenvalue weighted by molar-refractivity contribution is 1.13. The molecule has 1 N–H and O–H groups in total. The Morgan fingerprint density at radius 2 is 2.78 bits per heavy atom. The fourth-order valence-electron chi connectivity index (χ4n) is 0.526. The van der Waals surface area contributed by atoms with Gasteiger partial charge < -0.3 is 4.98 Å². The first-order valence-electron chi connectivity index (χ1n) is 2.92. The number of aliphatic imine (C=N–C) groups is 1. The molecule has 0 aromatic carbocycles. The zero-order chi connectivity index (χ0) is 6.53. The van der Waals surface area contributed by atoms with E-state index in [2.05, 4.69) is 15.0 Å². The number of aromatic nitrogens is 2. The Kier molecular flexibility index (Phi) is 2.01. The van der Waals surface area contributed by atoms with Gasteiger partial charge in [0.25, 0.3) is 0 Å². The topological polar surface area (TPSA) is 41.0 Å². The second-order valence-corrected chi connectivity index (χ2v) is 1.60. The molecule has 0 atom stereocenters. The first-order chi connectivity index (χ1) is 4.43.